The monoisotopic (exact) mass is 173 g/mol. The van der Waals surface area contributed by atoms with Gasteiger partial charge >= 0.3 is 0 Å². The van der Waals surface area contributed by atoms with Gasteiger partial charge in [-0.25, -0.2) is 0 Å². The van der Waals surface area contributed by atoms with Crippen LogP contribution in [0.15, 0.2) is 0 Å². The largest absolute Gasteiger partial charge is 0.379 e. The van der Waals surface area contributed by atoms with Crippen LogP contribution in [0.1, 0.15) is 52.9 Å². The maximum absolute atomic E-state index is 9.01. The van der Waals surface area contributed by atoms with Gasteiger partial charge in [0, 0.05) is 6.04 Å². The summed E-state index contributed by atoms with van der Waals surface area (Å²) < 4.78 is 0. The summed E-state index contributed by atoms with van der Waals surface area (Å²) >= 11 is 0. The third-order valence-corrected chi connectivity index (χ3v) is 2.02. The summed E-state index contributed by atoms with van der Waals surface area (Å²) in [5, 5.41) is 12.1. The third kappa shape index (κ3) is 8.02. The second-order valence-corrected chi connectivity index (χ2v) is 3.59. The first-order valence-electron chi connectivity index (χ1n) is 5.11. The molecule has 0 saturated carbocycles. The summed E-state index contributed by atoms with van der Waals surface area (Å²) in [5.74, 6) is 0. The quantitative estimate of drug-likeness (QED) is 0.457. The second kappa shape index (κ2) is 7.56. The van der Waals surface area contributed by atoms with E-state index in [4.69, 9.17) is 5.11 Å². The lowest BCUT2D eigenvalue weighted by atomic mass is 10.1. The van der Waals surface area contributed by atoms with Gasteiger partial charge in [-0.05, 0) is 20.3 Å². The van der Waals surface area contributed by atoms with Crippen molar-refractivity contribution >= 4 is 0 Å². The van der Waals surface area contributed by atoms with Crippen molar-refractivity contribution in [3.05, 3.63) is 0 Å². The molecule has 0 radical (unpaired) electrons. The zero-order chi connectivity index (χ0) is 9.40. The van der Waals surface area contributed by atoms with Gasteiger partial charge < -0.3 is 5.11 Å². The summed E-state index contributed by atoms with van der Waals surface area (Å²) in [4.78, 5) is 0. The first kappa shape index (κ1) is 11.9. The van der Waals surface area contributed by atoms with Crippen LogP contribution in [-0.4, -0.2) is 17.4 Å². The lowest BCUT2D eigenvalue weighted by molar-refractivity contribution is 0.141. The van der Waals surface area contributed by atoms with Crippen molar-refractivity contribution in [1.82, 2.24) is 5.32 Å². The number of hydrogen-bond donors (Lipinski definition) is 2. The molecule has 0 bridgehead atoms. The van der Waals surface area contributed by atoms with E-state index in [1.54, 1.807) is 6.92 Å². The molecule has 2 unspecified atom stereocenters. The Labute approximate surface area is 76.4 Å². The lowest BCUT2D eigenvalue weighted by Gasteiger charge is -2.15. The van der Waals surface area contributed by atoms with Crippen LogP contribution in [0.5, 0.6) is 0 Å². The number of unbranched alkanes of at least 4 members (excludes halogenated alkanes) is 3. The Morgan fingerprint density at radius 1 is 1.17 bits per heavy atom. The van der Waals surface area contributed by atoms with E-state index in [0.29, 0.717) is 6.04 Å². The summed E-state index contributed by atoms with van der Waals surface area (Å²) in [7, 11) is 0. The van der Waals surface area contributed by atoms with Crippen LogP contribution in [-0.2, 0) is 0 Å². The van der Waals surface area contributed by atoms with Gasteiger partial charge in [-0.1, -0.05) is 32.6 Å². The predicted octanol–water partition coefficient (Wildman–Crippen LogP) is 2.27. The molecule has 0 spiro atoms. The zero-order valence-corrected chi connectivity index (χ0v) is 8.64. The minimum atomic E-state index is -0.369. The number of aliphatic hydroxyl groups is 1. The molecule has 2 nitrogen and oxygen atoms in total. The molecule has 2 N–H and O–H groups in total. The number of nitrogens with one attached hydrogen (secondary N) is 1. The molecule has 0 aromatic heterocycles. The van der Waals surface area contributed by atoms with Crippen LogP contribution >= 0.6 is 0 Å². The molecule has 74 valence electrons. The van der Waals surface area contributed by atoms with Crippen LogP contribution in [0.25, 0.3) is 0 Å². The van der Waals surface area contributed by atoms with E-state index in [9.17, 15) is 0 Å². The summed E-state index contributed by atoms with van der Waals surface area (Å²) in [6.45, 7) is 6.11. The van der Waals surface area contributed by atoms with Crippen molar-refractivity contribution < 1.29 is 5.11 Å². The molecular formula is C10H23NO. The van der Waals surface area contributed by atoms with Gasteiger partial charge in [-0.3, -0.25) is 5.32 Å². The number of hydrogen-bond acceptors (Lipinski definition) is 2. The highest BCUT2D eigenvalue weighted by Gasteiger charge is 2.02. The lowest BCUT2D eigenvalue weighted by Crippen LogP contribution is -2.33. The molecule has 2 atom stereocenters. The summed E-state index contributed by atoms with van der Waals surface area (Å²) in [6, 6.07) is 0.446. The summed E-state index contributed by atoms with van der Waals surface area (Å²) in [6.07, 6.45) is 6.02. The SMILES string of the molecule is CCCCCCC(C)NC(C)O. The molecule has 0 aliphatic heterocycles. The van der Waals surface area contributed by atoms with E-state index in [1.807, 2.05) is 0 Å². The highest BCUT2D eigenvalue weighted by Crippen LogP contribution is 2.05. The van der Waals surface area contributed by atoms with Crippen LogP contribution in [0.4, 0.5) is 0 Å². The third-order valence-electron chi connectivity index (χ3n) is 2.02. The van der Waals surface area contributed by atoms with E-state index in [-0.39, 0.29) is 6.23 Å². The van der Waals surface area contributed by atoms with Crippen molar-refractivity contribution in [3.8, 4) is 0 Å². The van der Waals surface area contributed by atoms with Gasteiger partial charge in [0.1, 0.15) is 6.23 Å². The molecule has 0 saturated heterocycles. The zero-order valence-electron chi connectivity index (χ0n) is 8.64. The molecule has 0 rings (SSSR count). The van der Waals surface area contributed by atoms with Crippen LogP contribution in [0.3, 0.4) is 0 Å². The normalized spacial score (nSPS) is 16.0. The average Bonchev–Trinajstić information content (AvgIpc) is 1.97. The van der Waals surface area contributed by atoms with E-state index in [2.05, 4.69) is 19.2 Å². The van der Waals surface area contributed by atoms with Gasteiger partial charge in [0.15, 0.2) is 0 Å². The average molecular weight is 173 g/mol. The fraction of sp³-hybridized carbons (Fsp3) is 1.00. The standard InChI is InChI=1S/C10H23NO/c1-4-5-6-7-8-9(2)11-10(3)12/h9-12H,4-8H2,1-3H3. The number of aliphatic hydroxyl groups excluding tert-OH is 1. The van der Waals surface area contributed by atoms with E-state index in [1.165, 1.54) is 32.1 Å². The molecule has 0 aliphatic rings. The molecule has 0 fully saturated rings. The molecule has 12 heavy (non-hydrogen) atoms. The van der Waals surface area contributed by atoms with Crippen molar-refractivity contribution in [2.24, 2.45) is 0 Å². The minimum absolute atomic E-state index is 0.369. The van der Waals surface area contributed by atoms with Crippen molar-refractivity contribution in [2.75, 3.05) is 0 Å². The molecule has 0 heterocycles. The first-order chi connectivity index (χ1) is 5.66. The van der Waals surface area contributed by atoms with Crippen LogP contribution in [0, 0.1) is 0 Å². The second-order valence-electron chi connectivity index (χ2n) is 3.59. The predicted molar refractivity (Wildman–Crippen MR) is 53.0 cm³/mol. The van der Waals surface area contributed by atoms with Crippen molar-refractivity contribution in [1.29, 1.82) is 0 Å². The van der Waals surface area contributed by atoms with Crippen LogP contribution < -0.4 is 5.32 Å². The number of rotatable bonds is 7. The molecule has 2 heteroatoms. The highest BCUT2D eigenvalue weighted by atomic mass is 16.3. The van der Waals surface area contributed by atoms with Gasteiger partial charge in [0.05, 0.1) is 0 Å². The molecule has 0 aromatic rings. The van der Waals surface area contributed by atoms with Crippen LogP contribution in [0.2, 0.25) is 0 Å². The topological polar surface area (TPSA) is 32.3 Å². The van der Waals surface area contributed by atoms with E-state index < -0.39 is 0 Å². The Morgan fingerprint density at radius 2 is 1.83 bits per heavy atom. The van der Waals surface area contributed by atoms with Gasteiger partial charge in [-0.2, -0.15) is 0 Å². The highest BCUT2D eigenvalue weighted by molar-refractivity contribution is 4.60. The van der Waals surface area contributed by atoms with Gasteiger partial charge in [0.2, 0.25) is 0 Å². The maximum atomic E-state index is 9.01. The van der Waals surface area contributed by atoms with E-state index >= 15 is 0 Å². The fourth-order valence-electron chi connectivity index (χ4n) is 1.37. The maximum Gasteiger partial charge on any atom is 0.102 e. The molecular weight excluding hydrogens is 150 g/mol. The molecule has 0 aliphatic carbocycles. The Balaban J connectivity index is 3.14. The van der Waals surface area contributed by atoms with E-state index in [0.717, 1.165) is 0 Å². The van der Waals surface area contributed by atoms with Gasteiger partial charge in [-0.15, -0.1) is 0 Å². The van der Waals surface area contributed by atoms with Gasteiger partial charge in [0.25, 0.3) is 0 Å². The molecule has 0 amide bonds. The summed E-state index contributed by atoms with van der Waals surface area (Å²) in [5.41, 5.74) is 0. The Bertz CT molecular complexity index is 93.8. The fourth-order valence-corrected chi connectivity index (χ4v) is 1.37. The Hall–Kier alpha value is -0.0800. The minimum Gasteiger partial charge on any atom is -0.379 e. The molecule has 0 aromatic carbocycles. The Kier molecular flexibility index (Phi) is 7.51. The van der Waals surface area contributed by atoms with Crippen molar-refractivity contribution in [2.45, 2.75) is 65.1 Å². The Morgan fingerprint density at radius 3 is 2.33 bits per heavy atom. The first-order valence-corrected chi connectivity index (χ1v) is 5.11. The van der Waals surface area contributed by atoms with Crippen molar-refractivity contribution in [3.63, 3.8) is 0 Å². The smallest absolute Gasteiger partial charge is 0.102 e.